The van der Waals surface area contributed by atoms with Crippen LogP contribution in [0.4, 0.5) is 0 Å². The Hall–Kier alpha value is -2.29. The van der Waals surface area contributed by atoms with Crippen LogP contribution in [0.5, 0.6) is 11.5 Å². The second-order valence-electron chi connectivity index (χ2n) is 6.15. The van der Waals surface area contributed by atoms with Crippen LogP contribution in [-0.2, 0) is 0 Å². The van der Waals surface area contributed by atoms with E-state index < -0.39 is 0 Å². The highest BCUT2D eigenvalue weighted by molar-refractivity contribution is 5.94. The van der Waals surface area contributed by atoms with E-state index in [2.05, 4.69) is 0 Å². The number of carbonyl (C=O) groups excluding carboxylic acids is 1. The molecule has 0 bridgehead atoms. The van der Waals surface area contributed by atoms with Gasteiger partial charge in [0.1, 0.15) is 11.5 Å². The van der Waals surface area contributed by atoms with Crippen molar-refractivity contribution in [3.63, 3.8) is 0 Å². The van der Waals surface area contributed by atoms with Crippen molar-refractivity contribution in [1.29, 1.82) is 0 Å². The zero-order valence-corrected chi connectivity index (χ0v) is 13.6. The average molecular weight is 309 g/mol. The zero-order valence-electron chi connectivity index (χ0n) is 13.6. The molecule has 0 saturated heterocycles. The Morgan fingerprint density at radius 3 is 2.17 bits per heavy atom. The van der Waals surface area contributed by atoms with Gasteiger partial charge in [-0.05, 0) is 49.2 Å². The summed E-state index contributed by atoms with van der Waals surface area (Å²) >= 11 is 0. The quantitative estimate of drug-likeness (QED) is 0.805. The number of hydrogen-bond acceptors (Lipinski definition) is 2. The molecule has 0 aliphatic heterocycles. The number of hydrogen-bond donors (Lipinski definition) is 0. The first kappa shape index (κ1) is 15.6. The van der Waals surface area contributed by atoms with Gasteiger partial charge in [0.05, 0.1) is 0 Å². The topological polar surface area (TPSA) is 29.5 Å². The molecule has 2 aromatic carbocycles. The lowest BCUT2D eigenvalue weighted by molar-refractivity contribution is 0.0696. The molecule has 1 fully saturated rings. The summed E-state index contributed by atoms with van der Waals surface area (Å²) < 4.78 is 5.76. The van der Waals surface area contributed by atoms with Crippen molar-refractivity contribution in [2.75, 3.05) is 7.05 Å². The van der Waals surface area contributed by atoms with Crippen molar-refractivity contribution >= 4 is 5.91 Å². The van der Waals surface area contributed by atoms with E-state index in [1.165, 1.54) is 19.3 Å². The molecule has 3 nitrogen and oxygen atoms in total. The van der Waals surface area contributed by atoms with Gasteiger partial charge in [0.25, 0.3) is 5.91 Å². The molecule has 0 N–H and O–H groups in total. The van der Waals surface area contributed by atoms with Gasteiger partial charge in [-0.3, -0.25) is 4.79 Å². The van der Waals surface area contributed by atoms with Gasteiger partial charge in [-0.2, -0.15) is 0 Å². The van der Waals surface area contributed by atoms with E-state index in [0.717, 1.165) is 29.9 Å². The number of ether oxygens (including phenoxy) is 1. The summed E-state index contributed by atoms with van der Waals surface area (Å²) in [5.41, 5.74) is 0.721. The first-order valence-electron chi connectivity index (χ1n) is 8.34. The summed E-state index contributed by atoms with van der Waals surface area (Å²) in [5.74, 6) is 1.64. The normalized spacial score (nSPS) is 15.2. The van der Waals surface area contributed by atoms with E-state index in [1.54, 1.807) is 0 Å². The number of nitrogens with zero attached hydrogens (tertiary/aromatic N) is 1. The average Bonchev–Trinajstić information content (AvgIpc) is 2.63. The van der Waals surface area contributed by atoms with Gasteiger partial charge in [-0.25, -0.2) is 0 Å². The number of rotatable bonds is 4. The van der Waals surface area contributed by atoms with Gasteiger partial charge in [0.2, 0.25) is 0 Å². The Morgan fingerprint density at radius 2 is 1.52 bits per heavy atom. The third-order valence-electron chi connectivity index (χ3n) is 4.52. The predicted octanol–water partition coefficient (Wildman–Crippen LogP) is 4.88. The van der Waals surface area contributed by atoms with Gasteiger partial charge in [0, 0.05) is 18.7 Å². The van der Waals surface area contributed by atoms with Gasteiger partial charge in [-0.15, -0.1) is 0 Å². The first-order valence-corrected chi connectivity index (χ1v) is 8.34. The van der Waals surface area contributed by atoms with Crippen molar-refractivity contribution in [3.05, 3.63) is 60.2 Å². The predicted molar refractivity (Wildman–Crippen MR) is 91.9 cm³/mol. The molecule has 1 aliphatic carbocycles. The second-order valence-corrected chi connectivity index (χ2v) is 6.15. The van der Waals surface area contributed by atoms with E-state index in [1.807, 2.05) is 66.5 Å². The Balaban J connectivity index is 1.65. The highest BCUT2D eigenvalue weighted by Gasteiger charge is 2.22. The van der Waals surface area contributed by atoms with Gasteiger partial charge in [0.15, 0.2) is 0 Å². The summed E-state index contributed by atoms with van der Waals surface area (Å²) in [6.45, 7) is 0. The third kappa shape index (κ3) is 3.92. The maximum absolute atomic E-state index is 12.6. The minimum absolute atomic E-state index is 0.100. The van der Waals surface area contributed by atoms with Gasteiger partial charge < -0.3 is 9.64 Å². The number of amides is 1. The molecule has 1 aliphatic rings. The van der Waals surface area contributed by atoms with Crippen LogP contribution in [0.2, 0.25) is 0 Å². The van der Waals surface area contributed by atoms with Crippen LogP contribution in [0, 0.1) is 0 Å². The third-order valence-corrected chi connectivity index (χ3v) is 4.52. The van der Waals surface area contributed by atoms with Crippen molar-refractivity contribution in [1.82, 2.24) is 4.90 Å². The maximum Gasteiger partial charge on any atom is 0.253 e. The Labute approximate surface area is 137 Å². The van der Waals surface area contributed by atoms with E-state index in [4.69, 9.17) is 4.74 Å². The SMILES string of the molecule is CN(C(=O)c1ccc(Oc2ccccc2)cc1)C1CCCCC1. The summed E-state index contributed by atoms with van der Waals surface area (Å²) in [4.78, 5) is 14.5. The molecule has 0 radical (unpaired) electrons. The van der Waals surface area contributed by atoms with Crippen LogP contribution in [0.25, 0.3) is 0 Å². The van der Waals surface area contributed by atoms with Crippen molar-refractivity contribution in [2.24, 2.45) is 0 Å². The smallest absolute Gasteiger partial charge is 0.253 e. The molecular weight excluding hydrogens is 286 g/mol. The lowest BCUT2D eigenvalue weighted by atomic mass is 9.94. The molecule has 2 aromatic rings. The zero-order chi connectivity index (χ0) is 16.1. The fraction of sp³-hybridized carbons (Fsp3) is 0.350. The van der Waals surface area contributed by atoms with Crippen LogP contribution < -0.4 is 4.74 Å². The molecule has 0 heterocycles. The van der Waals surface area contributed by atoms with Crippen LogP contribution in [0.1, 0.15) is 42.5 Å². The van der Waals surface area contributed by atoms with E-state index in [-0.39, 0.29) is 5.91 Å². The molecule has 3 rings (SSSR count). The fourth-order valence-corrected chi connectivity index (χ4v) is 3.13. The second kappa shape index (κ2) is 7.32. The molecule has 1 amide bonds. The highest BCUT2D eigenvalue weighted by Crippen LogP contribution is 2.24. The van der Waals surface area contributed by atoms with E-state index >= 15 is 0 Å². The molecule has 0 unspecified atom stereocenters. The molecule has 1 saturated carbocycles. The Bertz CT molecular complexity index is 630. The molecule has 0 spiro atoms. The van der Waals surface area contributed by atoms with E-state index in [9.17, 15) is 4.79 Å². The van der Waals surface area contributed by atoms with Crippen LogP contribution in [0.15, 0.2) is 54.6 Å². The van der Waals surface area contributed by atoms with Crippen molar-refractivity contribution in [2.45, 2.75) is 38.1 Å². The van der Waals surface area contributed by atoms with Crippen molar-refractivity contribution < 1.29 is 9.53 Å². The van der Waals surface area contributed by atoms with Crippen LogP contribution >= 0.6 is 0 Å². The van der Waals surface area contributed by atoms with E-state index in [0.29, 0.717) is 6.04 Å². The van der Waals surface area contributed by atoms with Crippen LogP contribution in [0.3, 0.4) is 0 Å². The minimum atomic E-state index is 0.100. The van der Waals surface area contributed by atoms with Gasteiger partial charge >= 0.3 is 0 Å². The Kier molecular flexibility index (Phi) is 4.96. The summed E-state index contributed by atoms with van der Waals surface area (Å²) in [5, 5.41) is 0. The molecule has 0 aromatic heterocycles. The van der Waals surface area contributed by atoms with Gasteiger partial charge in [-0.1, -0.05) is 37.5 Å². The minimum Gasteiger partial charge on any atom is -0.457 e. The summed E-state index contributed by atoms with van der Waals surface area (Å²) in [6.07, 6.45) is 6.00. The molecule has 0 atom stereocenters. The monoisotopic (exact) mass is 309 g/mol. The van der Waals surface area contributed by atoms with Crippen LogP contribution in [-0.4, -0.2) is 23.9 Å². The van der Waals surface area contributed by atoms with Crippen molar-refractivity contribution in [3.8, 4) is 11.5 Å². The molecule has 120 valence electrons. The number of benzene rings is 2. The summed E-state index contributed by atoms with van der Waals surface area (Å²) in [7, 11) is 1.92. The highest BCUT2D eigenvalue weighted by atomic mass is 16.5. The first-order chi connectivity index (χ1) is 11.2. The lowest BCUT2D eigenvalue weighted by Gasteiger charge is -2.31. The number of carbonyl (C=O) groups is 1. The molecule has 3 heteroatoms. The standard InChI is InChI=1S/C20H23NO2/c1-21(17-8-4-2-5-9-17)20(22)16-12-14-19(15-13-16)23-18-10-6-3-7-11-18/h3,6-7,10-15,17H,2,4-5,8-9H2,1H3. The lowest BCUT2D eigenvalue weighted by Crippen LogP contribution is -2.38. The largest absolute Gasteiger partial charge is 0.457 e. The molecular formula is C20H23NO2. The Morgan fingerprint density at radius 1 is 0.913 bits per heavy atom. The summed E-state index contributed by atoms with van der Waals surface area (Å²) in [6, 6.07) is 17.4. The fourth-order valence-electron chi connectivity index (χ4n) is 3.13. The molecule has 23 heavy (non-hydrogen) atoms. The maximum atomic E-state index is 12.6. The number of para-hydroxylation sites is 1.